The van der Waals surface area contributed by atoms with Crippen LogP contribution in [0.4, 0.5) is 0 Å². The largest absolute Gasteiger partial charge is 0.377 e. The van der Waals surface area contributed by atoms with E-state index in [-0.39, 0.29) is 11.9 Å². The lowest BCUT2D eigenvalue weighted by Crippen LogP contribution is -2.37. The van der Waals surface area contributed by atoms with E-state index >= 15 is 0 Å². The van der Waals surface area contributed by atoms with Gasteiger partial charge in [-0.15, -0.1) is 0 Å². The molecule has 0 aromatic carbocycles. The zero-order valence-corrected chi connectivity index (χ0v) is 11.6. The van der Waals surface area contributed by atoms with Gasteiger partial charge in [0.2, 0.25) is 10.0 Å². The summed E-state index contributed by atoms with van der Waals surface area (Å²) in [6.45, 7) is 4.55. The first kappa shape index (κ1) is 14.9. The van der Waals surface area contributed by atoms with Crippen LogP contribution in [-0.2, 0) is 14.8 Å². The quantitative estimate of drug-likeness (QED) is 0.707. The van der Waals surface area contributed by atoms with E-state index in [9.17, 15) is 8.42 Å². The highest BCUT2D eigenvalue weighted by atomic mass is 32.2. The molecular formula is C11H24N2O3S. The first-order chi connectivity index (χ1) is 8.06. The molecule has 6 heteroatoms. The zero-order chi connectivity index (χ0) is 12.7. The van der Waals surface area contributed by atoms with Crippen LogP contribution < -0.4 is 5.32 Å². The molecule has 5 nitrogen and oxygen atoms in total. The summed E-state index contributed by atoms with van der Waals surface area (Å²) in [4.78, 5) is 0. The minimum absolute atomic E-state index is 0.00424. The van der Waals surface area contributed by atoms with Crippen LogP contribution in [0.15, 0.2) is 0 Å². The Kier molecular flexibility index (Phi) is 6.40. The molecule has 1 atom stereocenters. The molecule has 17 heavy (non-hydrogen) atoms. The molecule has 0 amide bonds. The molecule has 1 rings (SSSR count). The third-order valence-corrected chi connectivity index (χ3v) is 4.81. The van der Waals surface area contributed by atoms with Crippen LogP contribution in [0.3, 0.4) is 0 Å². The summed E-state index contributed by atoms with van der Waals surface area (Å²) in [6.07, 6.45) is 2.41. The molecule has 0 aromatic rings. The number of rotatable bonds is 6. The van der Waals surface area contributed by atoms with Gasteiger partial charge in [0.1, 0.15) is 0 Å². The van der Waals surface area contributed by atoms with Crippen LogP contribution in [0.5, 0.6) is 0 Å². The molecule has 0 spiro atoms. The third-order valence-electron chi connectivity index (χ3n) is 2.89. The molecule has 0 aromatic heterocycles. The fraction of sp³-hybridized carbons (Fsp3) is 1.00. The predicted molar refractivity (Wildman–Crippen MR) is 68.6 cm³/mol. The highest BCUT2D eigenvalue weighted by molar-refractivity contribution is 7.89. The van der Waals surface area contributed by atoms with Gasteiger partial charge in [-0.25, -0.2) is 8.42 Å². The number of nitrogens with one attached hydrogen (secondary N) is 1. The highest BCUT2D eigenvalue weighted by Gasteiger charge is 2.25. The van der Waals surface area contributed by atoms with E-state index in [0.29, 0.717) is 19.7 Å². The fourth-order valence-corrected chi connectivity index (χ4v) is 3.60. The zero-order valence-electron chi connectivity index (χ0n) is 10.8. The van der Waals surface area contributed by atoms with Crippen molar-refractivity contribution in [2.45, 2.75) is 32.3 Å². The van der Waals surface area contributed by atoms with Gasteiger partial charge in [-0.1, -0.05) is 0 Å². The Labute approximate surface area is 105 Å². The van der Waals surface area contributed by atoms with Crippen molar-refractivity contribution in [1.82, 2.24) is 9.62 Å². The lowest BCUT2D eigenvalue weighted by Gasteiger charge is -2.21. The van der Waals surface area contributed by atoms with Crippen LogP contribution in [0.1, 0.15) is 26.2 Å². The molecule has 1 unspecified atom stereocenters. The number of hydrogen-bond acceptors (Lipinski definition) is 4. The van der Waals surface area contributed by atoms with E-state index in [2.05, 4.69) is 5.32 Å². The van der Waals surface area contributed by atoms with E-state index < -0.39 is 10.0 Å². The van der Waals surface area contributed by atoms with E-state index in [1.54, 1.807) is 4.31 Å². The van der Waals surface area contributed by atoms with Crippen LogP contribution in [-0.4, -0.2) is 57.9 Å². The van der Waals surface area contributed by atoms with Crippen LogP contribution in [0, 0.1) is 0 Å². The van der Waals surface area contributed by atoms with Crippen molar-refractivity contribution in [3.05, 3.63) is 0 Å². The van der Waals surface area contributed by atoms with Gasteiger partial charge in [0.25, 0.3) is 0 Å². The first-order valence-electron chi connectivity index (χ1n) is 6.30. The molecule has 1 N–H and O–H groups in total. The van der Waals surface area contributed by atoms with Gasteiger partial charge >= 0.3 is 0 Å². The average molecular weight is 264 g/mol. The van der Waals surface area contributed by atoms with Crippen molar-refractivity contribution in [3.63, 3.8) is 0 Å². The first-order valence-corrected chi connectivity index (χ1v) is 7.91. The lowest BCUT2D eigenvalue weighted by atomic mass is 10.3. The second kappa shape index (κ2) is 7.31. The molecule has 1 aliphatic heterocycles. The monoisotopic (exact) mass is 264 g/mol. The summed E-state index contributed by atoms with van der Waals surface area (Å²) < 4.78 is 31.2. The number of hydrogen-bond donors (Lipinski definition) is 1. The van der Waals surface area contributed by atoms with E-state index in [1.165, 1.54) is 0 Å². The summed E-state index contributed by atoms with van der Waals surface area (Å²) in [6, 6.07) is 0. The normalized spacial score (nSPS) is 23.5. The molecule has 0 radical (unpaired) electrons. The Balaban J connectivity index is 2.44. The number of nitrogens with zero attached hydrogens (tertiary/aromatic N) is 1. The second-order valence-electron chi connectivity index (χ2n) is 4.52. The van der Waals surface area contributed by atoms with Crippen LogP contribution >= 0.6 is 0 Å². The minimum atomic E-state index is -3.09. The summed E-state index contributed by atoms with van der Waals surface area (Å²) in [5, 5.41) is 3.02. The van der Waals surface area contributed by atoms with E-state index in [4.69, 9.17) is 4.74 Å². The standard InChI is InChI=1S/C11H24N2O3S/c1-11-10-13(7-5-8-16-11)17(14,15)9-4-3-6-12-2/h11-12H,3-10H2,1-2H3. The molecule has 0 bridgehead atoms. The van der Waals surface area contributed by atoms with Gasteiger partial charge in [0.15, 0.2) is 0 Å². The van der Waals surface area contributed by atoms with E-state index in [1.807, 2.05) is 14.0 Å². The maximum atomic E-state index is 12.1. The van der Waals surface area contributed by atoms with Gasteiger partial charge in [0.05, 0.1) is 11.9 Å². The van der Waals surface area contributed by atoms with Gasteiger partial charge in [-0.3, -0.25) is 0 Å². The number of ether oxygens (including phenoxy) is 1. The van der Waals surface area contributed by atoms with Crippen LogP contribution in [0.25, 0.3) is 0 Å². The van der Waals surface area contributed by atoms with Crippen LogP contribution in [0.2, 0.25) is 0 Å². The van der Waals surface area contributed by atoms with Gasteiger partial charge in [-0.05, 0) is 39.8 Å². The van der Waals surface area contributed by atoms with Crippen molar-refractivity contribution in [2.75, 3.05) is 39.0 Å². The Hall–Kier alpha value is -0.170. The Morgan fingerprint density at radius 3 is 2.88 bits per heavy atom. The summed E-state index contributed by atoms with van der Waals surface area (Å²) >= 11 is 0. The molecule has 1 aliphatic rings. The number of unbranched alkanes of at least 4 members (excludes halogenated alkanes) is 1. The lowest BCUT2D eigenvalue weighted by molar-refractivity contribution is 0.0752. The average Bonchev–Trinajstić information content (AvgIpc) is 2.50. The summed E-state index contributed by atoms with van der Waals surface area (Å²) in [5.74, 6) is 0.251. The Bertz CT molecular complexity index is 306. The SMILES string of the molecule is CNCCCCS(=O)(=O)N1CCCOC(C)C1. The Morgan fingerprint density at radius 2 is 2.18 bits per heavy atom. The van der Waals surface area contributed by atoms with Crippen molar-refractivity contribution in [1.29, 1.82) is 0 Å². The van der Waals surface area contributed by atoms with Crippen molar-refractivity contribution in [2.24, 2.45) is 0 Å². The maximum absolute atomic E-state index is 12.1. The Morgan fingerprint density at radius 1 is 1.41 bits per heavy atom. The predicted octanol–water partition coefficient (Wildman–Crippen LogP) is 0.427. The third kappa shape index (κ3) is 5.33. The molecule has 1 heterocycles. The topological polar surface area (TPSA) is 58.6 Å². The number of sulfonamides is 1. The highest BCUT2D eigenvalue weighted by Crippen LogP contribution is 2.11. The summed E-state index contributed by atoms with van der Waals surface area (Å²) in [5.41, 5.74) is 0. The van der Waals surface area contributed by atoms with Gasteiger partial charge in [-0.2, -0.15) is 4.31 Å². The maximum Gasteiger partial charge on any atom is 0.214 e. The smallest absolute Gasteiger partial charge is 0.214 e. The molecule has 1 fully saturated rings. The molecule has 0 aliphatic carbocycles. The van der Waals surface area contributed by atoms with Crippen molar-refractivity contribution >= 4 is 10.0 Å². The molecular weight excluding hydrogens is 240 g/mol. The minimum Gasteiger partial charge on any atom is -0.377 e. The fourth-order valence-electron chi connectivity index (χ4n) is 1.92. The van der Waals surface area contributed by atoms with Gasteiger partial charge < -0.3 is 10.1 Å². The van der Waals surface area contributed by atoms with E-state index in [0.717, 1.165) is 25.8 Å². The van der Waals surface area contributed by atoms with Gasteiger partial charge in [0, 0.05) is 19.7 Å². The molecule has 102 valence electrons. The molecule has 0 saturated carbocycles. The second-order valence-corrected chi connectivity index (χ2v) is 6.61. The van der Waals surface area contributed by atoms with Crippen molar-refractivity contribution in [3.8, 4) is 0 Å². The molecule has 1 saturated heterocycles. The summed E-state index contributed by atoms with van der Waals surface area (Å²) in [7, 11) is -1.22. The van der Waals surface area contributed by atoms with Crippen molar-refractivity contribution < 1.29 is 13.2 Å².